The summed E-state index contributed by atoms with van der Waals surface area (Å²) in [7, 11) is 0. The lowest BCUT2D eigenvalue weighted by molar-refractivity contribution is -0.122. The molecule has 1 amide bonds. The highest BCUT2D eigenvalue weighted by Crippen LogP contribution is 2.14. The third-order valence-corrected chi connectivity index (χ3v) is 1.95. The first kappa shape index (κ1) is 13.7. The van der Waals surface area contributed by atoms with Crippen molar-refractivity contribution in [3.63, 3.8) is 0 Å². The molecule has 0 aliphatic carbocycles. The van der Waals surface area contributed by atoms with Gasteiger partial charge in [0.05, 0.1) is 23.6 Å². The molecule has 0 fully saturated rings. The van der Waals surface area contributed by atoms with Crippen LogP contribution in [0, 0.1) is 0 Å². The average molecular weight is 222 g/mol. The van der Waals surface area contributed by atoms with Crippen LogP contribution in [-0.2, 0) is 9.53 Å². The van der Waals surface area contributed by atoms with E-state index in [1.54, 1.807) is 0 Å². The molecule has 0 aliphatic rings. The van der Waals surface area contributed by atoms with Gasteiger partial charge in [-0.25, -0.2) is 0 Å². The fourth-order valence-electron chi connectivity index (χ4n) is 1.13. The van der Waals surface area contributed by atoms with E-state index >= 15 is 0 Å². The van der Waals surface area contributed by atoms with Crippen molar-refractivity contribution < 1.29 is 9.53 Å². The molecule has 1 unspecified atom stereocenters. The Labute approximate surface area is 91.2 Å². The highest BCUT2D eigenvalue weighted by Gasteiger charge is 2.23. The number of halogens is 1. The third-order valence-electron chi connectivity index (χ3n) is 1.65. The van der Waals surface area contributed by atoms with Crippen LogP contribution in [0.2, 0.25) is 0 Å². The molecule has 0 heterocycles. The molecule has 14 heavy (non-hydrogen) atoms. The van der Waals surface area contributed by atoms with Crippen LogP contribution in [-0.4, -0.2) is 29.5 Å². The van der Waals surface area contributed by atoms with E-state index in [0.29, 0.717) is 5.88 Å². The van der Waals surface area contributed by atoms with Gasteiger partial charge >= 0.3 is 0 Å². The van der Waals surface area contributed by atoms with Gasteiger partial charge in [-0.3, -0.25) is 4.79 Å². The molecular weight excluding hydrogens is 202 g/mol. The van der Waals surface area contributed by atoms with E-state index in [1.165, 1.54) is 6.92 Å². The summed E-state index contributed by atoms with van der Waals surface area (Å²) in [6.45, 7) is 9.27. The largest absolute Gasteiger partial charge is 0.369 e. The molecule has 2 atom stereocenters. The lowest BCUT2D eigenvalue weighted by Gasteiger charge is -2.30. The zero-order valence-electron chi connectivity index (χ0n) is 9.56. The molecule has 0 saturated carbocycles. The number of amides is 1. The van der Waals surface area contributed by atoms with Crippen molar-refractivity contribution >= 4 is 17.5 Å². The summed E-state index contributed by atoms with van der Waals surface area (Å²) in [4.78, 5) is 10.8. The van der Waals surface area contributed by atoms with Gasteiger partial charge in [0.15, 0.2) is 0 Å². The first-order valence-electron chi connectivity index (χ1n) is 4.77. The van der Waals surface area contributed by atoms with Gasteiger partial charge in [-0.1, -0.05) is 0 Å². The van der Waals surface area contributed by atoms with Crippen molar-refractivity contribution in [2.24, 2.45) is 0 Å². The van der Waals surface area contributed by atoms with E-state index in [-0.39, 0.29) is 23.7 Å². The van der Waals surface area contributed by atoms with Gasteiger partial charge in [0.25, 0.3) is 0 Å². The molecule has 1 N–H and O–H groups in total. The van der Waals surface area contributed by atoms with Crippen molar-refractivity contribution in [3.05, 3.63) is 0 Å². The minimum Gasteiger partial charge on any atom is -0.369 e. The van der Waals surface area contributed by atoms with E-state index in [1.807, 2.05) is 27.7 Å². The standard InChI is InChI=1S/C10H20ClNO2/c1-7(12-8(2)13)9(6-11)14-10(3,4)5/h7,9H,6H2,1-5H3,(H,12,13)/t7?,9-/m1/s1. The molecule has 0 saturated heterocycles. The van der Waals surface area contributed by atoms with Gasteiger partial charge in [0.2, 0.25) is 5.91 Å². The lowest BCUT2D eigenvalue weighted by Crippen LogP contribution is -2.45. The number of hydrogen-bond acceptors (Lipinski definition) is 2. The van der Waals surface area contributed by atoms with Gasteiger partial charge in [0.1, 0.15) is 0 Å². The van der Waals surface area contributed by atoms with Gasteiger partial charge in [-0.05, 0) is 27.7 Å². The smallest absolute Gasteiger partial charge is 0.217 e. The van der Waals surface area contributed by atoms with Crippen LogP contribution in [0.3, 0.4) is 0 Å². The minimum absolute atomic E-state index is 0.0647. The van der Waals surface area contributed by atoms with E-state index in [9.17, 15) is 4.79 Å². The predicted molar refractivity (Wildman–Crippen MR) is 58.6 cm³/mol. The number of alkyl halides is 1. The van der Waals surface area contributed by atoms with Gasteiger partial charge in [-0.2, -0.15) is 0 Å². The molecule has 3 nitrogen and oxygen atoms in total. The number of carbonyl (C=O) groups is 1. The van der Waals surface area contributed by atoms with E-state index in [4.69, 9.17) is 16.3 Å². The molecule has 84 valence electrons. The summed E-state index contributed by atoms with van der Waals surface area (Å²) in [5, 5.41) is 2.77. The Hall–Kier alpha value is -0.280. The minimum atomic E-state index is -0.244. The molecule has 0 aromatic heterocycles. The van der Waals surface area contributed by atoms with Crippen molar-refractivity contribution in [2.45, 2.75) is 52.4 Å². The maximum absolute atomic E-state index is 10.8. The first-order valence-corrected chi connectivity index (χ1v) is 5.30. The van der Waals surface area contributed by atoms with Crippen molar-refractivity contribution in [1.29, 1.82) is 0 Å². The first-order chi connectivity index (χ1) is 6.26. The Bertz CT molecular complexity index is 189. The number of rotatable bonds is 4. The second-order valence-corrected chi connectivity index (χ2v) is 4.72. The van der Waals surface area contributed by atoms with Crippen LogP contribution < -0.4 is 5.32 Å². The summed E-state index contributed by atoms with van der Waals surface area (Å²) < 4.78 is 5.70. The van der Waals surface area contributed by atoms with Crippen molar-refractivity contribution in [3.8, 4) is 0 Å². The van der Waals surface area contributed by atoms with Gasteiger partial charge < -0.3 is 10.1 Å². The molecule has 0 aliphatic heterocycles. The van der Waals surface area contributed by atoms with Crippen LogP contribution in [0.25, 0.3) is 0 Å². The number of nitrogens with one attached hydrogen (secondary N) is 1. The predicted octanol–water partition coefficient (Wildman–Crippen LogP) is 1.93. The van der Waals surface area contributed by atoms with Gasteiger partial charge in [-0.15, -0.1) is 11.6 Å². The molecule has 0 radical (unpaired) electrons. The summed E-state index contributed by atoms with van der Waals surface area (Å²) in [6, 6.07) is -0.0655. The van der Waals surface area contributed by atoms with Gasteiger partial charge in [0, 0.05) is 6.92 Å². The molecular formula is C10H20ClNO2. The summed E-state index contributed by atoms with van der Waals surface area (Å²) >= 11 is 5.78. The van der Waals surface area contributed by atoms with Crippen LogP contribution in [0.15, 0.2) is 0 Å². The Balaban J connectivity index is 4.19. The third kappa shape index (κ3) is 6.22. The Morgan fingerprint density at radius 3 is 2.29 bits per heavy atom. The SMILES string of the molecule is CC(=O)NC(C)[C@@H](CCl)OC(C)(C)C. The van der Waals surface area contributed by atoms with Crippen LogP contribution >= 0.6 is 11.6 Å². The quantitative estimate of drug-likeness (QED) is 0.737. The Kier molecular flexibility index (Phi) is 5.45. The summed E-state index contributed by atoms with van der Waals surface area (Å²) in [5.41, 5.74) is -0.244. The summed E-state index contributed by atoms with van der Waals surface area (Å²) in [5.74, 6) is 0.309. The second kappa shape index (κ2) is 5.56. The number of hydrogen-bond donors (Lipinski definition) is 1. The molecule has 0 rings (SSSR count). The maximum atomic E-state index is 10.8. The fraction of sp³-hybridized carbons (Fsp3) is 0.900. The highest BCUT2D eigenvalue weighted by atomic mass is 35.5. The lowest BCUT2D eigenvalue weighted by atomic mass is 10.1. The monoisotopic (exact) mass is 221 g/mol. The van der Waals surface area contributed by atoms with Crippen molar-refractivity contribution in [2.75, 3.05) is 5.88 Å². The van der Waals surface area contributed by atoms with Crippen LogP contribution in [0.5, 0.6) is 0 Å². The van der Waals surface area contributed by atoms with E-state index in [0.717, 1.165) is 0 Å². The number of carbonyl (C=O) groups excluding carboxylic acids is 1. The number of ether oxygens (including phenoxy) is 1. The van der Waals surface area contributed by atoms with Crippen LogP contribution in [0.4, 0.5) is 0 Å². The normalized spacial score (nSPS) is 16.1. The van der Waals surface area contributed by atoms with Crippen molar-refractivity contribution in [1.82, 2.24) is 5.32 Å². The summed E-state index contributed by atoms with van der Waals surface area (Å²) in [6.07, 6.45) is -0.152. The molecule has 0 aromatic rings. The Morgan fingerprint density at radius 2 is 2.00 bits per heavy atom. The highest BCUT2D eigenvalue weighted by molar-refractivity contribution is 6.18. The Morgan fingerprint density at radius 1 is 1.50 bits per heavy atom. The molecule has 0 spiro atoms. The fourth-order valence-corrected chi connectivity index (χ4v) is 1.47. The zero-order chi connectivity index (χ0) is 11.4. The maximum Gasteiger partial charge on any atom is 0.217 e. The van der Waals surface area contributed by atoms with E-state index in [2.05, 4.69) is 5.32 Å². The topological polar surface area (TPSA) is 38.3 Å². The second-order valence-electron chi connectivity index (χ2n) is 4.41. The van der Waals surface area contributed by atoms with Crippen LogP contribution in [0.1, 0.15) is 34.6 Å². The average Bonchev–Trinajstić information content (AvgIpc) is 1.96. The molecule has 0 aromatic carbocycles. The molecule has 0 bridgehead atoms. The zero-order valence-corrected chi connectivity index (χ0v) is 10.3. The van der Waals surface area contributed by atoms with E-state index < -0.39 is 0 Å². The molecule has 4 heteroatoms.